The third-order valence-corrected chi connectivity index (χ3v) is 6.09. The number of aliphatic hydroxyl groups excluding tert-OH is 1. The number of hydrogen-bond acceptors (Lipinski definition) is 7. The van der Waals surface area contributed by atoms with Crippen molar-refractivity contribution < 1.29 is 33.0 Å². The first-order valence-electron chi connectivity index (χ1n) is 12.0. The third kappa shape index (κ3) is 7.51. The third-order valence-electron chi connectivity index (χ3n) is 6.09. The van der Waals surface area contributed by atoms with Gasteiger partial charge in [-0.2, -0.15) is 0 Å². The number of halogens is 2. The standard InChI is InChI=1S/C15H17F2N3O2.C9H17NO3/c16-12-8-14(19-3-1-11(18)2-4-19)13(17)7-10(12)9-20-5-6-22-15(20)21;1-7(2)13-9(12)10-5-3-8(11)4-6-10/h7-8,18H,1-6,9H2;7-8,11H,3-6H2,1-2H3. The molecule has 0 spiro atoms. The van der Waals surface area contributed by atoms with E-state index in [-0.39, 0.29) is 42.7 Å². The number of nitrogens with zero attached hydrogens (tertiary/aromatic N) is 3. The molecule has 3 aliphatic rings. The number of piperidine rings is 2. The maximum Gasteiger partial charge on any atom is 0.410 e. The zero-order chi connectivity index (χ0) is 25.5. The highest BCUT2D eigenvalue weighted by atomic mass is 19.1. The van der Waals surface area contributed by atoms with E-state index in [1.54, 1.807) is 9.80 Å². The van der Waals surface area contributed by atoms with E-state index in [2.05, 4.69) is 0 Å². The lowest BCUT2D eigenvalue weighted by molar-refractivity contribution is 0.0457. The van der Waals surface area contributed by atoms with Crippen LogP contribution in [-0.2, 0) is 16.0 Å². The Bertz CT molecular complexity index is 911. The fourth-order valence-corrected chi connectivity index (χ4v) is 4.06. The number of cyclic esters (lactones) is 1. The number of rotatable bonds is 4. The van der Waals surface area contributed by atoms with Gasteiger partial charge in [-0.05, 0) is 32.8 Å². The molecule has 3 saturated heterocycles. The topological polar surface area (TPSA) is 106 Å². The molecule has 9 nitrogen and oxygen atoms in total. The van der Waals surface area contributed by atoms with Crippen LogP contribution in [0.2, 0.25) is 0 Å². The fourth-order valence-electron chi connectivity index (χ4n) is 4.06. The van der Waals surface area contributed by atoms with E-state index in [0.717, 1.165) is 6.07 Å². The average Bonchev–Trinajstić information content (AvgIpc) is 3.21. The Labute approximate surface area is 204 Å². The van der Waals surface area contributed by atoms with Crippen LogP contribution < -0.4 is 4.90 Å². The lowest BCUT2D eigenvalue weighted by Crippen LogP contribution is -2.41. The van der Waals surface area contributed by atoms with Crippen LogP contribution in [0.4, 0.5) is 24.1 Å². The summed E-state index contributed by atoms with van der Waals surface area (Å²) in [5.41, 5.74) is 1.00. The molecule has 0 aromatic heterocycles. The largest absolute Gasteiger partial charge is 0.448 e. The van der Waals surface area contributed by atoms with Gasteiger partial charge in [-0.3, -0.25) is 0 Å². The van der Waals surface area contributed by atoms with Crippen LogP contribution in [0.3, 0.4) is 0 Å². The number of amides is 2. The van der Waals surface area contributed by atoms with Gasteiger partial charge in [-0.15, -0.1) is 0 Å². The molecule has 1 aromatic rings. The Morgan fingerprint density at radius 1 is 1.14 bits per heavy atom. The first-order chi connectivity index (χ1) is 16.6. The molecule has 0 aliphatic carbocycles. The summed E-state index contributed by atoms with van der Waals surface area (Å²) in [5.74, 6) is -1.03. The fraction of sp³-hybridized carbons (Fsp3) is 0.625. The Hall–Kier alpha value is -2.95. The number of hydrogen-bond donors (Lipinski definition) is 2. The molecule has 0 bridgehead atoms. The van der Waals surface area contributed by atoms with E-state index in [1.165, 1.54) is 11.0 Å². The molecular weight excluding hydrogens is 462 g/mol. The van der Waals surface area contributed by atoms with E-state index < -0.39 is 17.7 Å². The normalized spacial score (nSPS) is 19.0. The zero-order valence-electron chi connectivity index (χ0n) is 20.3. The number of carbonyl (C=O) groups excluding carboxylic acids is 2. The van der Waals surface area contributed by atoms with Crippen molar-refractivity contribution in [2.75, 3.05) is 44.2 Å². The van der Waals surface area contributed by atoms with Gasteiger partial charge in [0.15, 0.2) is 0 Å². The molecule has 0 saturated carbocycles. The lowest BCUT2D eigenvalue weighted by Gasteiger charge is -2.30. The zero-order valence-corrected chi connectivity index (χ0v) is 20.3. The monoisotopic (exact) mass is 496 g/mol. The molecule has 3 aliphatic heterocycles. The van der Waals surface area contributed by atoms with Gasteiger partial charge in [0.1, 0.15) is 18.2 Å². The molecular formula is C24H34F2N4O5. The van der Waals surface area contributed by atoms with Gasteiger partial charge in [0.05, 0.1) is 31.0 Å². The Morgan fingerprint density at radius 3 is 2.37 bits per heavy atom. The molecule has 35 heavy (non-hydrogen) atoms. The van der Waals surface area contributed by atoms with Gasteiger partial charge in [0.2, 0.25) is 0 Å². The summed E-state index contributed by atoms with van der Waals surface area (Å²) in [6.07, 6.45) is 1.38. The summed E-state index contributed by atoms with van der Waals surface area (Å²) in [6, 6.07) is 2.33. The Balaban J connectivity index is 0.000000225. The van der Waals surface area contributed by atoms with Gasteiger partial charge in [-0.1, -0.05) is 0 Å². The highest BCUT2D eigenvalue weighted by molar-refractivity contribution is 5.83. The van der Waals surface area contributed by atoms with E-state index in [1.807, 2.05) is 13.8 Å². The first-order valence-corrected chi connectivity index (χ1v) is 12.0. The quantitative estimate of drug-likeness (QED) is 0.661. The van der Waals surface area contributed by atoms with Crippen LogP contribution in [0.1, 0.15) is 45.1 Å². The number of anilines is 1. The maximum atomic E-state index is 14.3. The number of ether oxygens (including phenoxy) is 2. The average molecular weight is 497 g/mol. The van der Waals surface area contributed by atoms with E-state index in [9.17, 15) is 23.5 Å². The molecule has 4 rings (SSSR count). The maximum absolute atomic E-state index is 14.3. The van der Waals surface area contributed by atoms with Gasteiger partial charge in [0.25, 0.3) is 0 Å². The highest BCUT2D eigenvalue weighted by Crippen LogP contribution is 2.26. The number of benzene rings is 1. The first kappa shape index (κ1) is 26.7. The van der Waals surface area contributed by atoms with E-state index in [0.29, 0.717) is 64.1 Å². The predicted molar refractivity (Wildman–Crippen MR) is 126 cm³/mol. The second-order valence-corrected chi connectivity index (χ2v) is 9.17. The predicted octanol–water partition coefficient (Wildman–Crippen LogP) is 3.53. The van der Waals surface area contributed by atoms with Gasteiger partial charge in [-0.25, -0.2) is 18.4 Å². The minimum absolute atomic E-state index is 0.00646. The minimum Gasteiger partial charge on any atom is -0.448 e. The molecule has 0 radical (unpaired) electrons. The van der Waals surface area contributed by atoms with Crippen molar-refractivity contribution in [2.45, 2.75) is 58.3 Å². The van der Waals surface area contributed by atoms with Crippen molar-refractivity contribution >= 4 is 23.6 Å². The summed E-state index contributed by atoms with van der Waals surface area (Å²) < 4.78 is 38.3. The van der Waals surface area contributed by atoms with Crippen molar-refractivity contribution in [3.63, 3.8) is 0 Å². The van der Waals surface area contributed by atoms with Gasteiger partial charge >= 0.3 is 12.2 Å². The molecule has 0 atom stereocenters. The number of aliphatic hydroxyl groups is 1. The van der Waals surface area contributed by atoms with Gasteiger partial charge in [0, 0.05) is 56.4 Å². The molecule has 0 unspecified atom stereocenters. The summed E-state index contributed by atoms with van der Waals surface area (Å²) >= 11 is 0. The van der Waals surface area contributed by atoms with Crippen LogP contribution >= 0.6 is 0 Å². The Kier molecular flexibility index (Phi) is 9.25. The molecule has 3 fully saturated rings. The minimum atomic E-state index is -0.531. The Morgan fingerprint density at radius 2 is 1.80 bits per heavy atom. The second-order valence-electron chi connectivity index (χ2n) is 9.17. The van der Waals surface area contributed by atoms with Crippen LogP contribution in [-0.4, -0.2) is 84.3 Å². The van der Waals surface area contributed by atoms with Crippen LogP contribution in [0.25, 0.3) is 0 Å². The van der Waals surface area contributed by atoms with Crippen molar-refractivity contribution in [1.82, 2.24) is 9.80 Å². The van der Waals surface area contributed by atoms with Crippen molar-refractivity contribution in [1.29, 1.82) is 5.41 Å². The SMILES string of the molecule is CC(C)OC(=O)N1CCC(O)CC1.N=C1CCN(c2cc(F)c(CN3CCOC3=O)cc2F)CC1. The number of carbonyl (C=O) groups is 2. The molecule has 194 valence electrons. The van der Waals surface area contributed by atoms with Crippen LogP contribution in [0, 0.1) is 17.0 Å². The summed E-state index contributed by atoms with van der Waals surface area (Å²) in [5, 5.41) is 16.8. The molecule has 2 N–H and O–H groups in total. The van der Waals surface area contributed by atoms with Gasteiger partial charge < -0.3 is 34.7 Å². The molecule has 3 heterocycles. The van der Waals surface area contributed by atoms with Crippen LogP contribution in [0.5, 0.6) is 0 Å². The van der Waals surface area contributed by atoms with Crippen molar-refractivity contribution in [3.8, 4) is 0 Å². The number of likely N-dealkylation sites (tertiary alicyclic amines) is 1. The summed E-state index contributed by atoms with van der Waals surface area (Å²) in [7, 11) is 0. The number of nitrogens with one attached hydrogen (secondary N) is 1. The summed E-state index contributed by atoms with van der Waals surface area (Å²) in [4.78, 5) is 27.5. The molecule has 2 amide bonds. The second kappa shape index (κ2) is 12.1. The van der Waals surface area contributed by atoms with Crippen molar-refractivity contribution in [3.05, 3.63) is 29.3 Å². The molecule has 11 heteroatoms. The van der Waals surface area contributed by atoms with E-state index in [4.69, 9.17) is 14.9 Å². The smallest absolute Gasteiger partial charge is 0.410 e. The van der Waals surface area contributed by atoms with E-state index >= 15 is 0 Å². The van der Waals surface area contributed by atoms with Crippen molar-refractivity contribution in [2.24, 2.45) is 0 Å². The lowest BCUT2D eigenvalue weighted by atomic mass is 10.1. The highest BCUT2D eigenvalue weighted by Gasteiger charge is 2.25. The summed E-state index contributed by atoms with van der Waals surface area (Å²) in [6.45, 7) is 6.58. The van der Waals surface area contributed by atoms with Crippen LogP contribution in [0.15, 0.2) is 12.1 Å². The molecule has 1 aromatic carbocycles.